The van der Waals surface area contributed by atoms with Crippen LogP contribution in [0.3, 0.4) is 0 Å². The molecule has 0 amide bonds. The highest BCUT2D eigenvalue weighted by Crippen LogP contribution is 2.20. The van der Waals surface area contributed by atoms with Crippen LogP contribution in [-0.4, -0.2) is 18.2 Å². The van der Waals surface area contributed by atoms with Gasteiger partial charge in [0.25, 0.3) is 0 Å². The summed E-state index contributed by atoms with van der Waals surface area (Å²) in [5, 5.41) is 0.692. The Hall–Kier alpha value is -1.03. The molecule has 94 valence electrons. The van der Waals surface area contributed by atoms with Crippen molar-refractivity contribution in [1.82, 2.24) is 0 Å². The molecule has 0 aliphatic heterocycles. The van der Waals surface area contributed by atoms with Gasteiger partial charge in [0, 0.05) is 10.9 Å². The van der Waals surface area contributed by atoms with Gasteiger partial charge in [-0.3, -0.25) is 0 Å². The molecule has 0 bridgehead atoms. The zero-order chi connectivity index (χ0) is 12.9. The third kappa shape index (κ3) is 5.22. The predicted octanol–water partition coefficient (Wildman–Crippen LogP) is 3.30. The molecule has 0 fully saturated rings. The molecule has 0 N–H and O–H groups in total. The number of carbonyl (C=O) groups excluding carboxylic acids is 1. The first-order chi connectivity index (χ1) is 7.92. The third-order valence-electron chi connectivity index (χ3n) is 1.88. The monoisotopic (exact) mass is 300 g/mol. The van der Waals surface area contributed by atoms with Crippen molar-refractivity contribution < 1.29 is 14.3 Å². The fourth-order valence-corrected chi connectivity index (χ4v) is 1.73. The second-order valence-corrected chi connectivity index (χ2v) is 5.18. The number of alkyl halides is 1. The number of hydrogen-bond acceptors (Lipinski definition) is 3. The van der Waals surface area contributed by atoms with Crippen LogP contribution in [0, 0.1) is 0 Å². The van der Waals surface area contributed by atoms with Gasteiger partial charge in [-0.05, 0) is 26.8 Å². The zero-order valence-corrected chi connectivity index (χ0v) is 11.9. The number of para-hydroxylation sites is 1. The molecule has 0 aromatic heterocycles. The zero-order valence-electron chi connectivity index (χ0n) is 10.3. The molecule has 0 atom stereocenters. The van der Waals surface area contributed by atoms with Crippen LogP contribution in [0.5, 0.6) is 5.75 Å². The van der Waals surface area contributed by atoms with E-state index >= 15 is 0 Å². The maximum Gasteiger partial charge on any atom is 0.344 e. The number of esters is 1. The summed E-state index contributed by atoms with van der Waals surface area (Å²) in [4.78, 5) is 11.5. The first-order valence-electron chi connectivity index (χ1n) is 5.41. The summed E-state index contributed by atoms with van der Waals surface area (Å²) < 4.78 is 10.6. The Kier molecular flexibility index (Phi) is 5.00. The largest absolute Gasteiger partial charge is 0.482 e. The van der Waals surface area contributed by atoms with E-state index in [1.54, 1.807) is 0 Å². The van der Waals surface area contributed by atoms with Crippen LogP contribution in [0.25, 0.3) is 0 Å². The standard InChI is InChI=1S/C13H17BrO3/c1-13(2,3)17-12(15)9-16-11-7-5-4-6-10(11)8-14/h4-7H,8-9H2,1-3H3. The fourth-order valence-electron chi connectivity index (χ4n) is 1.26. The molecule has 1 rings (SSSR count). The quantitative estimate of drug-likeness (QED) is 0.632. The highest BCUT2D eigenvalue weighted by atomic mass is 79.9. The van der Waals surface area contributed by atoms with Crippen LogP contribution in [0.4, 0.5) is 0 Å². The Morgan fingerprint density at radius 3 is 2.53 bits per heavy atom. The molecule has 0 aliphatic carbocycles. The Labute approximate surface area is 110 Å². The van der Waals surface area contributed by atoms with E-state index in [-0.39, 0.29) is 12.6 Å². The van der Waals surface area contributed by atoms with Crippen molar-refractivity contribution in [3.05, 3.63) is 29.8 Å². The van der Waals surface area contributed by atoms with Gasteiger partial charge in [-0.2, -0.15) is 0 Å². The van der Waals surface area contributed by atoms with E-state index in [1.165, 1.54) is 0 Å². The van der Waals surface area contributed by atoms with E-state index in [0.717, 1.165) is 5.56 Å². The van der Waals surface area contributed by atoms with Crippen LogP contribution < -0.4 is 4.74 Å². The van der Waals surface area contributed by atoms with Crippen molar-refractivity contribution in [2.45, 2.75) is 31.7 Å². The Balaban J connectivity index is 2.53. The first kappa shape index (κ1) is 14.0. The normalized spacial score (nSPS) is 11.1. The molecular weight excluding hydrogens is 284 g/mol. The van der Waals surface area contributed by atoms with Crippen molar-refractivity contribution in [1.29, 1.82) is 0 Å². The van der Waals surface area contributed by atoms with Crippen molar-refractivity contribution in [2.24, 2.45) is 0 Å². The maximum atomic E-state index is 11.5. The molecule has 0 saturated carbocycles. The molecule has 4 heteroatoms. The van der Waals surface area contributed by atoms with Gasteiger partial charge in [-0.15, -0.1) is 0 Å². The maximum absolute atomic E-state index is 11.5. The van der Waals surface area contributed by atoms with Gasteiger partial charge in [-0.25, -0.2) is 4.79 Å². The van der Waals surface area contributed by atoms with Crippen molar-refractivity contribution in [3.8, 4) is 5.75 Å². The van der Waals surface area contributed by atoms with Crippen molar-refractivity contribution >= 4 is 21.9 Å². The Bertz CT molecular complexity index is 382. The topological polar surface area (TPSA) is 35.5 Å². The second kappa shape index (κ2) is 6.05. The molecule has 0 spiro atoms. The molecule has 0 heterocycles. The molecule has 0 unspecified atom stereocenters. The van der Waals surface area contributed by atoms with Gasteiger partial charge in [0.15, 0.2) is 6.61 Å². The molecule has 0 radical (unpaired) electrons. The molecular formula is C13H17BrO3. The smallest absolute Gasteiger partial charge is 0.344 e. The summed E-state index contributed by atoms with van der Waals surface area (Å²) >= 11 is 3.37. The highest BCUT2D eigenvalue weighted by molar-refractivity contribution is 9.08. The van der Waals surface area contributed by atoms with Crippen LogP contribution in [-0.2, 0) is 14.9 Å². The van der Waals surface area contributed by atoms with Crippen LogP contribution in [0.15, 0.2) is 24.3 Å². The van der Waals surface area contributed by atoms with Gasteiger partial charge in [-0.1, -0.05) is 34.1 Å². The SMILES string of the molecule is CC(C)(C)OC(=O)COc1ccccc1CBr. The number of carbonyl (C=O) groups is 1. The molecule has 3 nitrogen and oxygen atoms in total. The second-order valence-electron chi connectivity index (χ2n) is 4.62. The third-order valence-corrected chi connectivity index (χ3v) is 2.49. The predicted molar refractivity (Wildman–Crippen MR) is 70.4 cm³/mol. The molecule has 1 aromatic carbocycles. The van der Waals surface area contributed by atoms with Crippen molar-refractivity contribution in [3.63, 3.8) is 0 Å². The molecule has 17 heavy (non-hydrogen) atoms. The molecule has 0 saturated heterocycles. The lowest BCUT2D eigenvalue weighted by molar-refractivity contribution is -0.157. The minimum atomic E-state index is -0.477. The number of benzene rings is 1. The summed E-state index contributed by atoms with van der Waals surface area (Å²) in [5.74, 6) is 0.345. The van der Waals surface area contributed by atoms with Crippen LogP contribution in [0.1, 0.15) is 26.3 Å². The summed E-state index contributed by atoms with van der Waals surface area (Å²) in [6.45, 7) is 5.42. The van der Waals surface area contributed by atoms with E-state index in [1.807, 2.05) is 45.0 Å². The average Bonchev–Trinajstić information content (AvgIpc) is 2.24. The Morgan fingerprint density at radius 1 is 1.29 bits per heavy atom. The first-order valence-corrected chi connectivity index (χ1v) is 6.53. The molecule has 0 aliphatic rings. The summed E-state index contributed by atoms with van der Waals surface area (Å²) in [6, 6.07) is 7.58. The van der Waals surface area contributed by atoms with Crippen molar-refractivity contribution in [2.75, 3.05) is 6.61 Å². The highest BCUT2D eigenvalue weighted by Gasteiger charge is 2.16. The lowest BCUT2D eigenvalue weighted by Gasteiger charge is -2.19. The average molecular weight is 301 g/mol. The summed E-state index contributed by atoms with van der Waals surface area (Å²) in [7, 11) is 0. The van der Waals surface area contributed by atoms with Gasteiger partial charge < -0.3 is 9.47 Å². The minimum Gasteiger partial charge on any atom is -0.482 e. The fraction of sp³-hybridized carbons (Fsp3) is 0.462. The summed E-state index contributed by atoms with van der Waals surface area (Å²) in [6.07, 6.45) is 0. The molecule has 1 aromatic rings. The van der Waals surface area contributed by atoms with Gasteiger partial charge >= 0.3 is 5.97 Å². The van der Waals surface area contributed by atoms with Gasteiger partial charge in [0.1, 0.15) is 11.4 Å². The lowest BCUT2D eigenvalue weighted by atomic mass is 10.2. The van der Waals surface area contributed by atoms with E-state index in [9.17, 15) is 4.79 Å². The number of hydrogen-bond donors (Lipinski definition) is 0. The number of ether oxygens (including phenoxy) is 2. The Morgan fingerprint density at radius 2 is 1.94 bits per heavy atom. The van der Waals surface area contributed by atoms with E-state index in [4.69, 9.17) is 9.47 Å². The van der Waals surface area contributed by atoms with E-state index in [2.05, 4.69) is 15.9 Å². The van der Waals surface area contributed by atoms with Crippen LogP contribution in [0.2, 0.25) is 0 Å². The number of rotatable bonds is 4. The van der Waals surface area contributed by atoms with Gasteiger partial charge in [0.05, 0.1) is 0 Å². The van der Waals surface area contributed by atoms with E-state index in [0.29, 0.717) is 11.1 Å². The van der Waals surface area contributed by atoms with Crippen LogP contribution >= 0.6 is 15.9 Å². The summed E-state index contributed by atoms with van der Waals surface area (Å²) in [5.41, 5.74) is 0.533. The minimum absolute atomic E-state index is 0.0682. The number of halogens is 1. The lowest BCUT2D eigenvalue weighted by Crippen LogP contribution is -2.27. The van der Waals surface area contributed by atoms with E-state index < -0.39 is 5.60 Å². The van der Waals surface area contributed by atoms with Gasteiger partial charge in [0.2, 0.25) is 0 Å².